The summed E-state index contributed by atoms with van der Waals surface area (Å²) < 4.78 is 0. The third kappa shape index (κ3) is 3.28. The molecule has 2 aromatic carbocycles. The number of nitrogens with one attached hydrogen (secondary N) is 1. The van der Waals surface area contributed by atoms with Gasteiger partial charge in [-0.25, -0.2) is 10.1 Å². The van der Waals surface area contributed by atoms with Crippen molar-refractivity contribution in [3.63, 3.8) is 0 Å². The number of hydrogen-bond donors (Lipinski definition) is 1. The van der Waals surface area contributed by atoms with E-state index >= 15 is 0 Å². The molecule has 1 aliphatic heterocycles. The summed E-state index contributed by atoms with van der Waals surface area (Å²) in [6.07, 6.45) is 0. The summed E-state index contributed by atoms with van der Waals surface area (Å²) in [5, 5.41) is 5.26. The van der Waals surface area contributed by atoms with Gasteiger partial charge in [0.15, 0.2) is 0 Å². The molecule has 0 aliphatic carbocycles. The van der Waals surface area contributed by atoms with E-state index in [9.17, 15) is 0 Å². The van der Waals surface area contributed by atoms with Crippen LogP contribution < -0.4 is 5.32 Å². The highest BCUT2D eigenvalue weighted by Gasteiger charge is 2.19. The second-order valence-electron chi connectivity index (χ2n) is 5.46. The van der Waals surface area contributed by atoms with E-state index in [0.717, 1.165) is 30.3 Å². The molecule has 114 valence electrons. The Kier molecular flexibility index (Phi) is 4.39. The van der Waals surface area contributed by atoms with Gasteiger partial charge in [0.05, 0.1) is 13.1 Å². The second-order valence-corrected chi connectivity index (χ2v) is 5.46. The van der Waals surface area contributed by atoms with Crippen LogP contribution in [-0.2, 0) is 11.4 Å². The number of aliphatic imine (C=N–C) groups is 1. The van der Waals surface area contributed by atoms with E-state index in [1.54, 1.807) is 0 Å². The number of para-hydroxylation sites is 1. The molecule has 0 saturated heterocycles. The largest absolute Gasteiger partial charge is 0.324 e. The number of benzene rings is 2. The highest BCUT2D eigenvalue weighted by atomic mass is 16.7. The van der Waals surface area contributed by atoms with Crippen molar-refractivity contribution in [2.45, 2.75) is 20.5 Å². The minimum absolute atomic E-state index is 0.550. The normalized spacial score (nSPS) is 14.1. The average Bonchev–Trinajstić information content (AvgIpc) is 2.97. The lowest BCUT2D eigenvalue weighted by atomic mass is 10.1. The Morgan fingerprint density at radius 3 is 2.50 bits per heavy atom. The van der Waals surface area contributed by atoms with E-state index in [1.165, 1.54) is 11.1 Å². The maximum absolute atomic E-state index is 5.89. The summed E-state index contributed by atoms with van der Waals surface area (Å²) in [6, 6.07) is 16.4. The van der Waals surface area contributed by atoms with Crippen molar-refractivity contribution in [1.29, 1.82) is 0 Å². The number of nitrogens with zero attached hydrogens (tertiary/aromatic N) is 2. The van der Waals surface area contributed by atoms with Crippen LogP contribution in [0.15, 0.2) is 53.5 Å². The SMILES string of the molecule is Cc1cccc(C)c1NC1=NCCN1OCc1ccccc1. The fraction of sp³-hybridized carbons (Fsp3) is 0.278. The Hall–Kier alpha value is -2.33. The molecule has 22 heavy (non-hydrogen) atoms. The summed E-state index contributed by atoms with van der Waals surface area (Å²) in [7, 11) is 0. The van der Waals surface area contributed by atoms with Gasteiger partial charge in [-0.15, -0.1) is 0 Å². The van der Waals surface area contributed by atoms with Gasteiger partial charge in [-0.1, -0.05) is 48.5 Å². The average molecular weight is 295 g/mol. The van der Waals surface area contributed by atoms with Gasteiger partial charge in [-0.2, -0.15) is 0 Å². The molecule has 4 nitrogen and oxygen atoms in total. The van der Waals surface area contributed by atoms with Crippen LogP contribution in [0.2, 0.25) is 0 Å². The first-order valence-corrected chi connectivity index (χ1v) is 7.56. The van der Waals surface area contributed by atoms with Gasteiger partial charge in [0, 0.05) is 5.69 Å². The first kappa shape index (κ1) is 14.6. The molecule has 1 heterocycles. The van der Waals surface area contributed by atoms with Crippen molar-refractivity contribution in [3.05, 3.63) is 65.2 Å². The predicted octanol–water partition coefficient (Wildman–Crippen LogP) is 3.52. The van der Waals surface area contributed by atoms with Crippen LogP contribution in [0.3, 0.4) is 0 Å². The zero-order valence-corrected chi connectivity index (χ0v) is 13.0. The minimum atomic E-state index is 0.550. The van der Waals surface area contributed by atoms with Crippen LogP contribution in [0.25, 0.3) is 0 Å². The summed E-state index contributed by atoms with van der Waals surface area (Å²) in [5.41, 5.74) is 4.67. The lowest BCUT2D eigenvalue weighted by Crippen LogP contribution is -2.33. The number of hydroxylamine groups is 2. The summed E-state index contributed by atoms with van der Waals surface area (Å²) >= 11 is 0. The zero-order chi connectivity index (χ0) is 15.4. The molecule has 0 aromatic heterocycles. The Balaban J connectivity index is 1.66. The maximum Gasteiger partial charge on any atom is 0.223 e. The van der Waals surface area contributed by atoms with Crippen molar-refractivity contribution in [2.75, 3.05) is 18.4 Å². The fourth-order valence-corrected chi connectivity index (χ4v) is 2.51. The smallest absolute Gasteiger partial charge is 0.223 e. The number of aryl methyl sites for hydroxylation is 2. The van der Waals surface area contributed by atoms with Gasteiger partial charge in [-0.05, 0) is 30.5 Å². The van der Waals surface area contributed by atoms with Crippen LogP contribution in [0.4, 0.5) is 5.69 Å². The van der Waals surface area contributed by atoms with Crippen LogP contribution in [0.1, 0.15) is 16.7 Å². The summed E-state index contributed by atoms with van der Waals surface area (Å²) in [4.78, 5) is 10.4. The van der Waals surface area contributed by atoms with Crippen molar-refractivity contribution >= 4 is 11.6 Å². The first-order valence-electron chi connectivity index (χ1n) is 7.56. The van der Waals surface area contributed by atoms with Crippen molar-refractivity contribution < 1.29 is 4.84 Å². The number of rotatable bonds is 4. The molecule has 0 saturated carbocycles. The Morgan fingerprint density at radius 2 is 1.77 bits per heavy atom. The molecule has 0 spiro atoms. The van der Waals surface area contributed by atoms with Crippen molar-refractivity contribution in [3.8, 4) is 0 Å². The third-order valence-corrected chi connectivity index (χ3v) is 3.75. The maximum atomic E-state index is 5.89. The second kappa shape index (κ2) is 6.62. The topological polar surface area (TPSA) is 36.9 Å². The molecule has 0 radical (unpaired) electrons. The highest BCUT2D eigenvalue weighted by molar-refractivity contribution is 5.95. The van der Waals surface area contributed by atoms with E-state index in [2.05, 4.69) is 54.5 Å². The number of guanidine groups is 1. The lowest BCUT2D eigenvalue weighted by Gasteiger charge is -2.22. The van der Waals surface area contributed by atoms with Crippen LogP contribution in [0, 0.1) is 13.8 Å². The molecule has 3 rings (SSSR count). The first-order chi connectivity index (χ1) is 10.7. The van der Waals surface area contributed by atoms with Crippen LogP contribution in [0.5, 0.6) is 0 Å². The van der Waals surface area contributed by atoms with Gasteiger partial charge < -0.3 is 5.32 Å². The Morgan fingerprint density at radius 1 is 1.05 bits per heavy atom. The predicted molar refractivity (Wildman–Crippen MR) is 89.8 cm³/mol. The standard InChI is InChI=1S/C18H21N3O/c1-14-7-6-8-15(2)17(14)20-18-19-11-12-21(18)22-13-16-9-4-3-5-10-16/h3-10H,11-13H2,1-2H3,(H,19,20). The van der Waals surface area contributed by atoms with Crippen molar-refractivity contribution in [1.82, 2.24) is 5.06 Å². The highest BCUT2D eigenvalue weighted by Crippen LogP contribution is 2.21. The molecule has 0 amide bonds. The Bertz CT molecular complexity index is 647. The van der Waals surface area contributed by atoms with Gasteiger partial charge in [0.25, 0.3) is 0 Å². The minimum Gasteiger partial charge on any atom is -0.324 e. The Labute approximate surface area is 131 Å². The molecular formula is C18H21N3O. The monoisotopic (exact) mass is 295 g/mol. The van der Waals surface area contributed by atoms with E-state index < -0.39 is 0 Å². The van der Waals surface area contributed by atoms with Gasteiger partial charge in [0.1, 0.15) is 6.61 Å². The molecule has 1 N–H and O–H groups in total. The van der Waals surface area contributed by atoms with Gasteiger partial charge in [0.2, 0.25) is 5.96 Å². The van der Waals surface area contributed by atoms with E-state index in [4.69, 9.17) is 4.84 Å². The fourth-order valence-electron chi connectivity index (χ4n) is 2.51. The van der Waals surface area contributed by atoms with E-state index in [-0.39, 0.29) is 0 Å². The molecule has 1 aliphatic rings. The molecule has 0 atom stereocenters. The summed E-state index contributed by atoms with van der Waals surface area (Å²) in [6.45, 7) is 6.27. The zero-order valence-electron chi connectivity index (χ0n) is 13.0. The number of anilines is 1. The molecular weight excluding hydrogens is 274 g/mol. The molecule has 0 bridgehead atoms. The molecule has 0 fully saturated rings. The quantitative estimate of drug-likeness (QED) is 0.937. The van der Waals surface area contributed by atoms with Gasteiger partial charge >= 0.3 is 0 Å². The van der Waals surface area contributed by atoms with E-state index in [0.29, 0.717) is 6.61 Å². The van der Waals surface area contributed by atoms with Crippen LogP contribution in [-0.4, -0.2) is 24.1 Å². The third-order valence-electron chi connectivity index (χ3n) is 3.75. The number of hydrogen-bond acceptors (Lipinski definition) is 4. The van der Waals surface area contributed by atoms with Gasteiger partial charge in [-0.3, -0.25) is 4.84 Å². The van der Waals surface area contributed by atoms with E-state index in [1.807, 2.05) is 23.3 Å². The molecule has 4 heteroatoms. The summed E-state index contributed by atoms with van der Waals surface area (Å²) in [5.74, 6) is 0.785. The molecule has 0 unspecified atom stereocenters. The van der Waals surface area contributed by atoms with Crippen LogP contribution >= 0.6 is 0 Å². The lowest BCUT2D eigenvalue weighted by molar-refractivity contribution is -0.103. The molecule has 2 aromatic rings. The van der Waals surface area contributed by atoms with Crippen molar-refractivity contribution in [2.24, 2.45) is 4.99 Å².